The topological polar surface area (TPSA) is 72.1 Å². The van der Waals surface area contributed by atoms with Crippen molar-refractivity contribution in [1.82, 2.24) is 10.2 Å². The average molecular weight is 462 g/mol. The molecule has 142 valence electrons. The second kappa shape index (κ2) is 11.7. The Bertz CT molecular complexity index is 542. The van der Waals surface area contributed by atoms with Gasteiger partial charge < -0.3 is 20.5 Å². The number of nitrogens with two attached hydrogens (primary N) is 1. The van der Waals surface area contributed by atoms with E-state index in [-0.39, 0.29) is 30.0 Å². The van der Waals surface area contributed by atoms with Crippen LogP contribution in [0.5, 0.6) is 0 Å². The summed E-state index contributed by atoms with van der Waals surface area (Å²) in [7, 11) is 1.67. The van der Waals surface area contributed by atoms with E-state index in [4.69, 9.17) is 15.2 Å². The van der Waals surface area contributed by atoms with Gasteiger partial charge in [0, 0.05) is 32.8 Å². The average Bonchev–Trinajstić information content (AvgIpc) is 2.53. The normalized spacial score (nSPS) is 20.0. The number of ether oxygens (including phenoxy) is 2. The van der Waals surface area contributed by atoms with Crippen molar-refractivity contribution in [2.45, 2.75) is 39.1 Å². The lowest BCUT2D eigenvalue weighted by Gasteiger charge is -2.31. The number of hydrogen-bond acceptors (Lipinski definition) is 4. The summed E-state index contributed by atoms with van der Waals surface area (Å²) in [5, 5.41) is 3.12. The number of nitrogens with one attached hydrogen (secondary N) is 1. The summed E-state index contributed by atoms with van der Waals surface area (Å²) in [6.07, 6.45) is 0.312. The van der Waals surface area contributed by atoms with Gasteiger partial charge >= 0.3 is 0 Å². The van der Waals surface area contributed by atoms with Crippen LogP contribution in [-0.2, 0) is 22.6 Å². The van der Waals surface area contributed by atoms with Crippen LogP contribution in [0.25, 0.3) is 0 Å². The molecule has 2 unspecified atom stereocenters. The molecular formula is C18H31IN4O2. The molecule has 2 atom stereocenters. The van der Waals surface area contributed by atoms with Gasteiger partial charge in [-0.15, -0.1) is 24.0 Å². The Hall–Kier alpha value is -0.900. The molecule has 0 radical (unpaired) electrons. The van der Waals surface area contributed by atoms with Crippen LogP contribution in [0.1, 0.15) is 25.0 Å². The number of methoxy groups -OCH3 is 1. The molecule has 0 amide bonds. The Kier molecular flexibility index (Phi) is 10.3. The molecule has 7 heteroatoms. The Morgan fingerprint density at radius 2 is 2.24 bits per heavy atom. The van der Waals surface area contributed by atoms with Gasteiger partial charge in [0.2, 0.25) is 0 Å². The maximum Gasteiger partial charge on any atom is 0.189 e. The van der Waals surface area contributed by atoms with Crippen LogP contribution in [0.4, 0.5) is 0 Å². The van der Waals surface area contributed by atoms with Crippen molar-refractivity contribution in [3.8, 4) is 0 Å². The number of nitrogens with zero attached hydrogens (tertiary/aromatic N) is 2. The maximum atomic E-state index is 5.92. The minimum Gasteiger partial charge on any atom is -0.383 e. The number of benzene rings is 1. The number of guanidine groups is 1. The summed E-state index contributed by atoms with van der Waals surface area (Å²) < 4.78 is 10.7. The van der Waals surface area contributed by atoms with Crippen LogP contribution in [0.15, 0.2) is 29.3 Å². The van der Waals surface area contributed by atoms with Crippen molar-refractivity contribution in [2.75, 3.05) is 33.4 Å². The van der Waals surface area contributed by atoms with Gasteiger partial charge in [-0.2, -0.15) is 0 Å². The van der Waals surface area contributed by atoms with Gasteiger partial charge in [-0.05, 0) is 25.0 Å². The van der Waals surface area contributed by atoms with Gasteiger partial charge in [0.15, 0.2) is 5.96 Å². The molecule has 3 N–H and O–H groups in total. The fourth-order valence-electron chi connectivity index (χ4n) is 2.88. The summed E-state index contributed by atoms with van der Waals surface area (Å²) >= 11 is 0. The second-order valence-electron chi connectivity index (χ2n) is 6.44. The molecule has 1 aliphatic rings. The standard InChI is InChI=1S/C18H30N4O2.HI/c1-14(13-23-3)21-18(19)20-10-16-5-4-6-17(9-16)12-22-7-8-24-15(2)11-22;/h4-6,9,14-15H,7-8,10-13H2,1-3H3,(H3,19,20,21);1H. The van der Waals surface area contributed by atoms with Crippen LogP contribution in [-0.4, -0.2) is 56.4 Å². The minimum atomic E-state index is 0. The second-order valence-corrected chi connectivity index (χ2v) is 6.44. The first kappa shape index (κ1) is 22.1. The fraction of sp³-hybridized carbons (Fsp3) is 0.611. The predicted octanol–water partition coefficient (Wildman–Crippen LogP) is 1.96. The largest absolute Gasteiger partial charge is 0.383 e. The van der Waals surface area contributed by atoms with Gasteiger partial charge in [-0.25, -0.2) is 4.99 Å². The van der Waals surface area contributed by atoms with E-state index in [0.717, 1.165) is 31.8 Å². The van der Waals surface area contributed by atoms with Crippen molar-refractivity contribution < 1.29 is 9.47 Å². The first-order valence-electron chi connectivity index (χ1n) is 8.54. The highest BCUT2D eigenvalue weighted by atomic mass is 127. The van der Waals surface area contributed by atoms with Crippen molar-refractivity contribution >= 4 is 29.9 Å². The van der Waals surface area contributed by atoms with Crippen molar-refractivity contribution in [3.63, 3.8) is 0 Å². The maximum absolute atomic E-state index is 5.92. The Morgan fingerprint density at radius 1 is 1.48 bits per heavy atom. The third-order valence-electron chi connectivity index (χ3n) is 3.97. The van der Waals surface area contributed by atoms with Crippen molar-refractivity contribution in [3.05, 3.63) is 35.4 Å². The first-order chi connectivity index (χ1) is 11.6. The molecule has 0 spiro atoms. The summed E-state index contributed by atoms with van der Waals surface area (Å²) in [6.45, 7) is 9.04. The van der Waals surface area contributed by atoms with Gasteiger partial charge in [0.05, 0.1) is 25.9 Å². The molecule has 1 saturated heterocycles. The van der Waals surface area contributed by atoms with Crippen LogP contribution in [0.3, 0.4) is 0 Å². The lowest BCUT2D eigenvalue weighted by Crippen LogP contribution is -2.40. The number of morpholine rings is 1. The van der Waals surface area contributed by atoms with Gasteiger partial charge in [0.25, 0.3) is 0 Å². The molecule has 6 nitrogen and oxygen atoms in total. The predicted molar refractivity (Wildman–Crippen MR) is 112 cm³/mol. The lowest BCUT2D eigenvalue weighted by molar-refractivity contribution is -0.0212. The summed E-state index contributed by atoms with van der Waals surface area (Å²) in [6, 6.07) is 8.68. The van der Waals surface area contributed by atoms with Crippen LogP contribution in [0.2, 0.25) is 0 Å². The Balaban J connectivity index is 0.00000312. The third-order valence-corrected chi connectivity index (χ3v) is 3.97. The molecule has 0 saturated carbocycles. The quantitative estimate of drug-likeness (QED) is 0.369. The van der Waals surface area contributed by atoms with E-state index in [2.05, 4.69) is 46.4 Å². The monoisotopic (exact) mass is 462 g/mol. The van der Waals surface area contributed by atoms with Gasteiger partial charge in [-0.3, -0.25) is 4.90 Å². The number of rotatable bonds is 7. The molecule has 0 aromatic heterocycles. The lowest BCUT2D eigenvalue weighted by atomic mass is 10.1. The van der Waals surface area contributed by atoms with E-state index in [1.54, 1.807) is 7.11 Å². The van der Waals surface area contributed by atoms with E-state index >= 15 is 0 Å². The molecule has 1 aromatic rings. The minimum absolute atomic E-state index is 0. The molecule has 25 heavy (non-hydrogen) atoms. The van der Waals surface area contributed by atoms with Crippen molar-refractivity contribution in [1.29, 1.82) is 0 Å². The smallest absolute Gasteiger partial charge is 0.189 e. The summed E-state index contributed by atoms with van der Waals surface area (Å²) in [5.74, 6) is 0.451. The molecule has 2 rings (SSSR count). The molecule has 0 aliphatic carbocycles. The molecule has 1 heterocycles. The highest BCUT2D eigenvalue weighted by Gasteiger charge is 2.16. The van der Waals surface area contributed by atoms with E-state index in [0.29, 0.717) is 25.2 Å². The van der Waals surface area contributed by atoms with Crippen LogP contribution in [0, 0.1) is 0 Å². The highest BCUT2D eigenvalue weighted by Crippen LogP contribution is 2.12. The molecule has 1 fully saturated rings. The van der Waals surface area contributed by atoms with Crippen LogP contribution < -0.4 is 11.1 Å². The van der Waals surface area contributed by atoms with Crippen LogP contribution >= 0.6 is 24.0 Å². The highest BCUT2D eigenvalue weighted by molar-refractivity contribution is 14.0. The Labute approximate surface area is 168 Å². The zero-order chi connectivity index (χ0) is 17.4. The van der Waals surface area contributed by atoms with E-state index < -0.39 is 0 Å². The fourth-order valence-corrected chi connectivity index (χ4v) is 2.88. The first-order valence-corrected chi connectivity index (χ1v) is 8.54. The molecule has 1 aliphatic heterocycles. The summed E-state index contributed by atoms with van der Waals surface area (Å²) in [4.78, 5) is 6.84. The van der Waals surface area contributed by atoms with E-state index in [9.17, 15) is 0 Å². The van der Waals surface area contributed by atoms with Gasteiger partial charge in [-0.1, -0.05) is 24.3 Å². The Morgan fingerprint density at radius 3 is 2.96 bits per heavy atom. The zero-order valence-electron chi connectivity index (χ0n) is 15.4. The van der Waals surface area contributed by atoms with E-state index in [1.807, 2.05) is 6.92 Å². The van der Waals surface area contributed by atoms with Gasteiger partial charge in [0.1, 0.15) is 0 Å². The number of hydrogen-bond donors (Lipinski definition) is 2. The number of halogens is 1. The van der Waals surface area contributed by atoms with E-state index in [1.165, 1.54) is 5.56 Å². The number of aliphatic imine (C=N–C) groups is 1. The SMILES string of the molecule is COCC(C)NC(N)=NCc1cccc(CN2CCOC(C)C2)c1.I. The summed E-state index contributed by atoms with van der Waals surface area (Å²) in [5.41, 5.74) is 8.38. The molecular weight excluding hydrogens is 431 g/mol. The molecule has 1 aromatic carbocycles. The zero-order valence-corrected chi connectivity index (χ0v) is 17.7. The van der Waals surface area contributed by atoms with Crippen molar-refractivity contribution in [2.24, 2.45) is 10.7 Å². The third kappa shape index (κ3) is 8.35. The molecule has 0 bridgehead atoms.